The highest BCUT2D eigenvalue weighted by Gasteiger charge is 2.34. The number of allylic oxidation sites excluding steroid dienone is 1. The van der Waals surface area contributed by atoms with Gasteiger partial charge in [0.1, 0.15) is 5.82 Å². The molecule has 1 aliphatic carbocycles. The number of morpholine rings is 1. The third-order valence-electron chi connectivity index (χ3n) is 4.48. The fourth-order valence-corrected chi connectivity index (χ4v) is 3.03. The molecule has 0 spiro atoms. The van der Waals surface area contributed by atoms with Crippen molar-refractivity contribution in [3.05, 3.63) is 11.9 Å². The second-order valence-corrected chi connectivity index (χ2v) is 7.16. The lowest BCUT2D eigenvalue weighted by Crippen LogP contribution is -2.55. The maximum absolute atomic E-state index is 5.41. The smallest absolute Gasteiger partial charge is 0.127 e. The SMILES string of the molecule is C=N/C(=C\C(=N/C)C(C)(C)C)N[C@H]1C[C@H](N2CCOCC2)C1. The van der Waals surface area contributed by atoms with Crippen LogP contribution in [0.4, 0.5) is 0 Å². The van der Waals surface area contributed by atoms with Gasteiger partial charge in [0, 0.05) is 49.4 Å². The number of hydrogen-bond acceptors (Lipinski definition) is 5. The topological polar surface area (TPSA) is 49.2 Å². The van der Waals surface area contributed by atoms with E-state index in [-0.39, 0.29) is 5.41 Å². The second-order valence-electron chi connectivity index (χ2n) is 7.16. The van der Waals surface area contributed by atoms with E-state index < -0.39 is 0 Å². The van der Waals surface area contributed by atoms with Gasteiger partial charge in [-0.25, -0.2) is 4.99 Å². The Morgan fingerprint density at radius 2 is 1.91 bits per heavy atom. The van der Waals surface area contributed by atoms with Gasteiger partial charge in [-0.3, -0.25) is 9.89 Å². The number of nitrogens with zero attached hydrogens (tertiary/aromatic N) is 3. The van der Waals surface area contributed by atoms with Crippen LogP contribution in [-0.2, 0) is 4.74 Å². The van der Waals surface area contributed by atoms with E-state index in [0.717, 1.165) is 37.8 Å². The third kappa shape index (κ3) is 4.40. The molecular formula is C17H30N4O. The molecule has 2 fully saturated rings. The van der Waals surface area contributed by atoms with Gasteiger partial charge in [-0.15, -0.1) is 0 Å². The Kier molecular flexibility index (Phi) is 5.75. The molecule has 22 heavy (non-hydrogen) atoms. The number of ether oxygens (including phenoxy) is 1. The van der Waals surface area contributed by atoms with Crippen molar-refractivity contribution in [2.75, 3.05) is 33.4 Å². The third-order valence-corrected chi connectivity index (χ3v) is 4.48. The van der Waals surface area contributed by atoms with Gasteiger partial charge < -0.3 is 10.1 Å². The first-order chi connectivity index (χ1) is 10.4. The average molecular weight is 306 g/mol. The standard InChI is InChI=1S/C17H30N4O/c1-17(2,3)15(18-4)12-16(19-5)20-13-10-14(11-13)21-6-8-22-9-7-21/h12-14,20H,5-11H2,1-4H3/b16-12+,18-15+/t13-,14-. The van der Waals surface area contributed by atoms with Crippen molar-refractivity contribution in [1.29, 1.82) is 0 Å². The summed E-state index contributed by atoms with van der Waals surface area (Å²) < 4.78 is 5.41. The van der Waals surface area contributed by atoms with Gasteiger partial charge in [0.25, 0.3) is 0 Å². The predicted molar refractivity (Wildman–Crippen MR) is 92.8 cm³/mol. The van der Waals surface area contributed by atoms with Crippen LogP contribution in [0.2, 0.25) is 0 Å². The second kappa shape index (κ2) is 7.38. The van der Waals surface area contributed by atoms with Crippen LogP contribution in [0.1, 0.15) is 33.6 Å². The Morgan fingerprint density at radius 1 is 1.27 bits per heavy atom. The van der Waals surface area contributed by atoms with Crippen molar-refractivity contribution < 1.29 is 4.74 Å². The monoisotopic (exact) mass is 306 g/mol. The summed E-state index contributed by atoms with van der Waals surface area (Å²) in [4.78, 5) is 11.1. The first-order valence-electron chi connectivity index (χ1n) is 8.18. The molecule has 0 aromatic carbocycles. The minimum absolute atomic E-state index is 0.0162. The van der Waals surface area contributed by atoms with Crippen LogP contribution in [0.3, 0.4) is 0 Å². The van der Waals surface area contributed by atoms with E-state index in [2.05, 4.69) is 47.7 Å². The van der Waals surface area contributed by atoms with E-state index in [1.165, 1.54) is 12.8 Å². The molecule has 0 aromatic rings. The molecule has 1 heterocycles. The Morgan fingerprint density at radius 3 is 2.41 bits per heavy atom. The van der Waals surface area contributed by atoms with E-state index in [1.54, 1.807) is 0 Å². The fourth-order valence-electron chi connectivity index (χ4n) is 3.03. The van der Waals surface area contributed by atoms with Gasteiger partial charge in [0.15, 0.2) is 0 Å². The van der Waals surface area contributed by atoms with Crippen molar-refractivity contribution in [1.82, 2.24) is 10.2 Å². The van der Waals surface area contributed by atoms with Gasteiger partial charge >= 0.3 is 0 Å². The van der Waals surface area contributed by atoms with Crippen LogP contribution in [0.15, 0.2) is 21.9 Å². The van der Waals surface area contributed by atoms with Crippen molar-refractivity contribution in [2.24, 2.45) is 15.4 Å². The number of rotatable bonds is 5. The molecule has 2 aliphatic rings. The van der Waals surface area contributed by atoms with Crippen LogP contribution in [0.5, 0.6) is 0 Å². The molecule has 0 unspecified atom stereocenters. The average Bonchev–Trinajstić information content (AvgIpc) is 2.45. The summed E-state index contributed by atoms with van der Waals surface area (Å²) in [6.07, 6.45) is 4.36. The molecule has 0 atom stereocenters. The molecule has 0 amide bonds. The highest BCUT2D eigenvalue weighted by Crippen LogP contribution is 2.27. The molecule has 0 radical (unpaired) electrons. The minimum atomic E-state index is 0.0162. The molecule has 0 aromatic heterocycles. The van der Waals surface area contributed by atoms with Crippen LogP contribution >= 0.6 is 0 Å². The van der Waals surface area contributed by atoms with E-state index in [9.17, 15) is 0 Å². The molecule has 0 bridgehead atoms. The molecule has 124 valence electrons. The summed E-state index contributed by atoms with van der Waals surface area (Å²) >= 11 is 0. The molecule has 2 rings (SSSR count). The zero-order chi connectivity index (χ0) is 16.2. The molecule has 1 aliphatic heterocycles. The van der Waals surface area contributed by atoms with E-state index in [1.807, 2.05) is 13.1 Å². The summed E-state index contributed by atoms with van der Waals surface area (Å²) in [5, 5.41) is 3.50. The summed E-state index contributed by atoms with van der Waals surface area (Å²) in [6, 6.07) is 1.18. The predicted octanol–water partition coefficient (Wildman–Crippen LogP) is 2.10. The zero-order valence-corrected chi connectivity index (χ0v) is 14.4. The normalized spacial score (nSPS) is 28.2. The lowest BCUT2D eigenvalue weighted by atomic mass is 9.85. The lowest BCUT2D eigenvalue weighted by molar-refractivity contribution is -0.00898. The molecule has 1 N–H and O–H groups in total. The first-order valence-corrected chi connectivity index (χ1v) is 8.18. The fraction of sp³-hybridized carbons (Fsp3) is 0.765. The van der Waals surface area contributed by atoms with Crippen LogP contribution in [0, 0.1) is 5.41 Å². The molecule has 5 heteroatoms. The summed E-state index contributed by atoms with van der Waals surface area (Å²) in [6.45, 7) is 14.0. The summed E-state index contributed by atoms with van der Waals surface area (Å²) in [5.41, 5.74) is 1.05. The van der Waals surface area contributed by atoms with Gasteiger partial charge in [0.2, 0.25) is 0 Å². The first kappa shape index (κ1) is 17.2. The van der Waals surface area contributed by atoms with E-state index >= 15 is 0 Å². The highest BCUT2D eigenvalue weighted by atomic mass is 16.5. The Balaban J connectivity index is 1.86. The lowest BCUT2D eigenvalue weighted by Gasteiger charge is -2.44. The highest BCUT2D eigenvalue weighted by molar-refractivity contribution is 5.99. The molecule has 5 nitrogen and oxygen atoms in total. The largest absolute Gasteiger partial charge is 0.379 e. The number of hydrogen-bond donors (Lipinski definition) is 1. The minimum Gasteiger partial charge on any atom is -0.379 e. The zero-order valence-electron chi connectivity index (χ0n) is 14.4. The number of nitrogens with one attached hydrogen (secondary N) is 1. The van der Waals surface area contributed by atoms with Crippen LogP contribution in [-0.4, -0.2) is 62.8 Å². The van der Waals surface area contributed by atoms with Crippen molar-refractivity contribution >= 4 is 12.4 Å². The summed E-state index contributed by atoms with van der Waals surface area (Å²) in [7, 11) is 1.83. The van der Waals surface area contributed by atoms with E-state index in [0.29, 0.717) is 12.1 Å². The van der Waals surface area contributed by atoms with Gasteiger partial charge in [-0.2, -0.15) is 0 Å². The quantitative estimate of drug-likeness (QED) is 0.791. The van der Waals surface area contributed by atoms with E-state index in [4.69, 9.17) is 4.74 Å². The van der Waals surface area contributed by atoms with Crippen molar-refractivity contribution in [2.45, 2.75) is 45.7 Å². The van der Waals surface area contributed by atoms with Crippen LogP contribution in [0.25, 0.3) is 0 Å². The van der Waals surface area contributed by atoms with Crippen molar-refractivity contribution in [3.63, 3.8) is 0 Å². The van der Waals surface area contributed by atoms with Crippen molar-refractivity contribution in [3.8, 4) is 0 Å². The Hall–Kier alpha value is -1.20. The summed E-state index contributed by atoms with van der Waals surface area (Å²) in [5.74, 6) is 0.834. The number of aliphatic imine (C=N–C) groups is 2. The van der Waals surface area contributed by atoms with Gasteiger partial charge in [-0.05, 0) is 19.6 Å². The molecular weight excluding hydrogens is 276 g/mol. The molecule has 1 saturated heterocycles. The maximum Gasteiger partial charge on any atom is 0.127 e. The maximum atomic E-state index is 5.41. The van der Waals surface area contributed by atoms with Gasteiger partial charge in [-0.1, -0.05) is 20.8 Å². The Labute approximate surface area is 134 Å². The van der Waals surface area contributed by atoms with Gasteiger partial charge in [0.05, 0.1) is 13.2 Å². The van der Waals surface area contributed by atoms with Crippen LogP contribution < -0.4 is 5.32 Å². The molecule has 1 saturated carbocycles. The Bertz CT molecular complexity index is 438.